The molecule has 0 unspecified atom stereocenters. The van der Waals surface area contributed by atoms with E-state index in [1.165, 1.54) is 31.2 Å². The second kappa shape index (κ2) is 9.41. The van der Waals surface area contributed by atoms with Crippen molar-refractivity contribution in [1.29, 1.82) is 0 Å². The van der Waals surface area contributed by atoms with E-state index in [1.807, 2.05) is 12.1 Å². The Labute approximate surface area is 119 Å². The molecule has 3 heteroatoms. The summed E-state index contributed by atoms with van der Waals surface area (Å²) in [4.78, 5) is 10.5. The lowest BCUT2D eigenvalue weighted by Gasteiger charge is -2.02. The highest BCUT2D eigenvalue weighted by Gasteiger charge is 1.97. The van der Waals surface area contributed by atoms with Gasteiger partial charge in [0.2, 0.25) is 5.24 Å². The number of aryl methyl sites for hydroxylation is 1. The van der Waals surface area contributed by atoms with Gasteiger partial charge in [0.25, 0.3) is 0 Å². The molecule has 0 fully saturated rings. The molecule has 0 aliphatic carbocycles. The van der Waals surface area contributed by atoms with E-state index in [0.717, 1.165) is 24.3 Å². The van der Waals surface area contributed by atoms with E-state index in [0.29, 0.717) is 6.42 Å². The largest absolute Gasteiger partial charge is 0.281 e. The van der Waals surface area contributed by atoms with Crippen LogP contribution in [0.4, 0.5) is 0 Å². The third-order valence-electron chi connectivity index (χ3n) is 3.00. The molecule has 0 atom stereocenters. The van der Waals surface area contributed by atoms with Crippen molar-refractivity contribution in [2.75, 3.05) is 0 Å². The summed E-state index contributed by atoms with van der Waals surface area (Å²) in [5.74, 6) is 0. The monoisotopic (exact) mass is 286 g/mol. The maximum atomic E-state index is 10.5. The van der Waals surface area contributed by atoms with E-state index in [2.05, 4.69) is 12.1 Å². The molecule has 0 saturated carbocycles. The number of hydrogen-bond acceptors (Lipinski definition) is 1. The third kappa shape index (κ3) is 7.73. The number of carbonyl (C=O) groups is 1. The van der Waals surface area contributed by atoms with Gasteiger partial charge in [-0.1, -0.05) is 49.4 Å². The predicted octanol–water partition coefficient (Wildman–Crippen LogP) is 5.38. The number of unbranched alkanes of at least 4 members (excludes halogenated alkanes) is 5. The summed E-state index contributed by atoms with van der Waals surface area (Å²) >= 11 is 11.1. The maximum Gasteiger partial charge on any atom is 0.221 e. The second-order valence-corrected chi connectivity index (χ2v) is 5.46. The van der Waals surface area contributed by atoms with E-state index in [9.17, 15) is 4.79 Å². The van der Waals surface area contributed by atoms with Crippen LogP contribution in [-0.4, -0.2) is 5.24 Å². The molecule has 0 bridgehead atoms. The van der Waals surface area contributed by atoms with Crippen molar-refractivity contribution in [2.24, 2.45) is 0 Å². The average Bonchev–Trinajstić information content (AvgIpc) is 2.34. The van der Waals surface area contributed by atoms with Crippen molar-refractivity contribution < 1.29 is 4.79 Å². The fraction of sp³-hybridized carbons (Fsp3) is 0.533. The molecule has 1 aromatic rings. The number of rotatable bonds is 9. The zero-order valence-corrected chi connectivity index (χ0v) is 12.1. The molecule has 0 amide bonds. The summed E-state index contributed by atoms with van der Waals surface area (Å²) in [5, 5.41) is 0.588. The first-order chi connectivity index (χ1) is 8.68. The van der Waals surface area contributed by atoms with E-state index >= 15 is 0 Å². The van der Waals surface area contributed by atoms with Gasteiger partial charge in [0.1, 0.15) is 0 Å². The minimum Gasteiger partial charge on any atom is -0.281 e. The number of hydrogen-bond donors (Lipinski definition) is 0. The molecule has 1 nitrogen and oxygen atoms in total. The summed E-state index contributed by atoms with van der Waals surface area (Å²) in [5.41, 5.74) is 1.35. The molecule has 1 rings (SSSR count). The standard InChI is InChI=1S/C15H20Cl2O/c16-14-11-9-13(10-12-14)7-5-3-1-2-4-6-8-15(17)18/h9-12H,1-8H2. The van der Waals surface area contributed by atoms with Crippen molar-refractivity contribution >= 4 is 28.4 Å². The van der Waals surface area contributed by atoms with Gasteiger partial charge >= 0.3 is 0 Å². The Morgan fingerprint density at radius 3 is 2.06 bits per heavy atom. The van der Waals surface area contributed by atoms with Crippen LogP contribution >= 0.6 is 23.2 Å². The van der Waals surface area contributed by atoms with Gasteiger partial charge in [-0.3, -0.25) is 4.79 Å². The lowest BCUT2D eigenvalue weighted by molar-refractivity contribution is -0.111. The smallest absolute Gasteiger partial charge is 0.221 e. The quantitative estimate of drug-likeness (QED) is 0.440. The zero-order valence-electron chi connectivity index (χ0n) is 10.6. The van der Waals surface area contributed by atoms with Gasteiger partial charge in [-0.15, -0.1) is 0 Å². The van der Waals surface area contributed by atoms with Crippen LogP contribution in [0.5, 0.6) is 0 Å². The third-order valence-corrected chi connectivity index (χ3v) is 3.44. The molecule has 0 aliphatic heterocycles. The highest BCUT2D eigenvalue weighted by Crippen LogP contribution is 2.13. The van der Waals surface area contributed by atoms with Gasteiger partial charge < -0.3 is 0 Å². The van der Waals surface area contributed by atoms with Crippen molar-refractivity contribution in [3.63, 3.8) is 0 Å². The molecule has 18 heavy (non-hydrogen) atoms. The number of halogens is 2. The SMILES string of the molecule is O=C(Cl)CCCCCCCCc1ccc(Cl)cc1. The van der Waals surface area contributed by atoms with Crippen molar-refractivity contribution in [2.45, 2.75) is 51.4 Å². The predicted molar refractivity (Wildman–Crippen MR) is 78.3 cm³/mol. The van der Waals surface area contributed by atoms with Crippen LogP contribution in [0.1, 0.15) is 50.5 Å². The molecule has 0 radical (unpaired) electrons. The number of carbonyl (C=O) groups excluding carboxylic acids is 1. The van der Waals surface area contributed by atoms with Crippen LogP contribution in [0.15, 0.2) is 24.3 Å². The second-order valence-electron chi connectivity index (χ2n) is 4.60. The maximum absolute atomic E-state index is 10.5. The van der Waals surface area contributed by atoms with Gasteiger partial charge in [0.05, 0.1) is 0 Å². The minimum atomic E-state index is -0.210. The van der Waals surface area contributed by atoms with Crippen LogP contribution in [-0.2, 0) is 11.2 Å². The van der Waals surface area contributed by atoms with Crippen LogP contribution in [0.2, 0.25) is 5.02 Å². The molecule has 100 valence electrons. The van der Waals surface area contributed by atoms with Crippen LogP contribution in [0.25, 0.3) is 0 Å². The molecule has 0 saturated heterocycles. The first kappa shape index (κ1) is 15.5. The van der Waals surface area contributed by atoms with E-state index in [4.69, 9.17) is 23.2 Å². The Morgan fingerprint density at radius 1 is 0.889 bits per heavy atom. The van der Waals surface area contributed by atoms with Gasteiger partial charge in [0, 0.05) is 11.4 Å². The van der Waals surface area contributed by atoms with Crippen molar-refractivity contribution in [3.05, 3.63) is 34.9 Å². The molecule has 0 N–H and O–H groups in total. The Kier molecular flexibility index (Phi) is 8.11. The summed E-state index contributed by atoms with van der Waals surface area (Å²) < 4.78 is 0. The average molecular weight is 287 g/mol. The highest BCUT2D eigenvalue weighted by molar-refractivity contribution is 6.63. The highest BCUT2D eigenvalue weighted by atomic mass is 35.5. The minimum absolute atomic E-state index is 0.210. The Hall–Kier alpha value is -0.530. The van der Waals surface area contributed by atoms with Crippen LogP contribution in [0.3, 0.4) is 0 Å². The van der Waals surface area contributed by atoms with Gasteiger partial charge in [-0.25, -0.2) is 0 Å². The zero-order chi connectivity index (χ0) is 13.2. The topological polar surface area (TPSA) is 17.1 Å². The van der Waals surface area contributed by atoms with Crippen LogP contribution < -0.4 is 0 Å². The normalized spacial score (nSPS) is 10.6. The fourth-order valence-corrected chi connectivity index (χ4v) is 2.21. The summed E-state index contributed by atoms with van der Waals surface area (Å²) in [6.45, 7) is 0. The van der Waals surface area contributed by atoms with E-state index in [1.54, 1.807) is 0 Å². The molecule has 0 heterocycles. The van der Waals surface area contributed by atoms with E-state index < -0.39 is 0 Å². The van der Waals surface area contributed by atoms with Crippen LogP contribution in [0, 0.1) is 0 Å². The molecule has 0 spiro atoms. The molecular formula is C15H20Cl2O. The van der Waals surface area contributed by atoms with E-state index in [-0.39, 0.29) is 5.24 Å². The first-order valence-corrected chi connectivity index (χ1v) is 7.37. The lowest BCUT2D eigenvalue weighted by atomic mass is 10.0. The Morgan fingerprint density at radius 2 is 1.44 bits per heavy atom. The Bertz CT molecular complexity index is 346. The molecular weight excluding hydrogens is 267 g/mol. The number of benzene rings is 1. The summed E-state index contributed by atoms with van der Waals surface area (Å²) in [6, 6.07) is 8.07. The molecule has 0 aliphatic rings. The summed E-state index contributed by atoms with van der Waals surface area (Å²) in [7, 11) is 0. The Balaban J connectivity index is 1.95. The summed E-state index contributed by atoms with van der Waals surface area (Å²) in [6.07, 6.45) is 8.59. The fourth-order valence-electron chi connectivity index (χ4n) is 1.95. The lowest BCUT2D eigenvalue weighted by Crippen LogP contribution is -1.88. The van der Waals surface area contributed by atoms with Crippen molar-refractivity contribution in [3.8, 4) is 0 Å². The van der Waals surface area contributed by atoms with Gasteiger partial charge in [-0.05, 0) is 48.6 Å². The van der Waals surface area contributed by atoms with Gasteiger partial charge in [0.15, 0.2) is 0 Å². The molecule has 1 aromatic carbocycles. The molecule has 0 aromatic heterocycles. The first-order valence-electron chi connectivity index (χ1n) is 6.61. The van der Waals surface area contributed by atoms with Crippen molar-refractivity contribution in [1.82, 2.24) is 0 Å². The van der Waals surface area contributed by atoms with Gasteiger partial charge in [-0.2, -0.15) is 0 Å².